The Morgan fingerprint density at radius 1 is 1.27 bits per heavy atom. The average molecular weight is 374 g/mol. The number of amides is 2. The highest BCUT2D eigenvalue weighted by Crippen LogP contribution is 2.30. The van der Waals surface area contributed by atoms with Crippen LogP contribution in [0.3, 0.4) is 0 Å². The molecule has 0 aliphatic heterocycles. The van der Waals surface area contributed by atoms with Crippen molar-refractivity contribution in [2.24, 2.45) is 0 Å². The molecule has 1 aromatic carbocycles. The van der Waals surface area contributed by atoms with Gasteiger partial charge in [0.15, 0.2) is 0 Å². The van der Waals surface area contributed by atoms with E-state index in [-0.39, 0.29) is 31.0 Å². The minimum absolute atomic E-state index is 0.0686. The molecule has 146 valence electrons. The third-order valence-corrected chi connectivity index (χ3v) is 4.39. The van der Waals surface area contributed by atoms with Gasteiger partial charge >= 0.3 is 12.2 Å². The number of carbonyl (C=O) groups excluding carboxylic acids is 1. The molecule has 1 aliphatic rings. The number of carbonyl (C=O) groups is 1. The van der Waals surface area contributed by atoms with Gasteiger partial charge in [0.05, 0.1) is 12.1 Å². The van der Waals surface area contributed by atoms with Crippen LogP contribution in [-0.2, 0) is 6.18 Å². The van der Waals surface area contributed by atoms with Crippen molar-refractivity contribution < 1.29 is 27.8 Å². The number of alkyl halides is 3. The van der Waals surface area contributed by atoms with Crippen molar-refractivity contribution in [1.82, 2.24) is 10.2 Å². The van der Waals surface area contributed by atoms with Crippen molar-refractivity contribution in [3.8, 4) is 5.75 Å². The van der Waals surface area contributed by atoms with Crippen LogP contribution >= 0.6 is 0 Å². The Morgan fingerprint density at radius 2 is 1.88 bits per heavy atom. The molecule has 1 aliphatic carbocycles. The molecule has 0 bridgehead atoms. The molecule has 1 unspecified atom stereocenters. The molecule has 26 heavy (non-hydrogen) atoms. The summed E-state index contributed by atoms with van der Waals surface area (Å²) < 4.78 is 42.8. The van der Waals surface area contributed by atoms with Crippen LogP contribution < -0.4 is 10.1 Å². The number of likely N-dealkylation sites (N-methyl/N-ethyl adjacent to an activating group) is 1. The number of hydrogen-bond donors (Lipinski definition) is 2. The molecule has 1 saturated carbocycles. The van der Waals surface area contributed by atoms with Crippen molar-refractivity contribution >= 4 is 6.03 Å². The number of hydrogen-bond acceptors (Lipinski definition) is 3. The number of aliphatic hydroxyl groups is 1. The van der Waals surface area contributed by atoms with Crippen molar-refractivity contribution in [2.45, 2.75) is 50.4 Å². The second kappa shape index (κ2) is 9.12. The van der Waals surface area contributed by atoms with E-state index in [0.29, 0.717) is 0 Å². The van der Waals surface area contributed by atoms with Gasteiger partial charge in [-0.15, -0.1) is 0 Å². The zero-order chi connectivity index (χ0) is 19.2. The van der Waals surface area contributed by atoms with Gasteiger partial charge in [-0.2, -0.15) is 13.2 Å². The third kappa shape index (κ3) is 6.40. The molecule has 1 fully saturated rings. The lowest BCUT2D eigenvalue weighted by atomic mass is 9.96. The molecular weight excluding hydrogens is 349 g/mol. The first-order valence-electron chi connectivity index (χ1n) is 8.75. The maximum atomic E-state index is 12.5. The predicted octanol–water partition coefficient (Wildman–Crippen LogP) is 3.42. The number of aliphatic hydroxyl groups excluding tert-OH is 1. The fraction of sp³-hybridized carbons (Fsp3) is 0.611. The minimum Gasteiger partial charge on any atom is -0.491 e. The van der Waals surface area contributed by atoms with Crippen LogP contribution in [0.1, 0.15) is 37.7 Å². The summed E-state index contributed by atoms with van der Waals surface area (Å²) in [4.78, 5) is 13.5. The number of nitrogens with one attached hydrogen (secondary N) is 1. The van der Waals surface area contributed by atoms with Gasteiger partial charge in [-0.1, -0.05) is 19.3 Å². The molecule has 2 amide bonds. The van der Waals surface area contributed by atoms with Gasteiger partial charge in [-0.25, -0.2) is 4.79 Å². The van der Waals surface area contributed by atoms with E-state index in [1.165, 1.54) is 23.5 Å². The number of benzene rings is 1. The van der Waals surface area contributed by atoms with Crippen molar-refractivity contribution in [2.75, 3.05) is 20.2 Å². The van der Waals surface area contributed by atoms with Gasteiger partial charge in [-0.05, 0) is 37.1 Å². The SMILES string of the molecule is CN(CC(O)COc1ccc(C(F)(F)F)cc1)C(=O)NC1CCCCC1. The molecule has 0 aromatic heterocycles. The smallest absolute Gasteiger partial charge is 0.416 e. The molecule has 0 radical (unpaired) electrons. The largest absolute Gasteiger partial charge is 0.491 e. The maximum Gasteiger partial charge on any atom is 0.416 e. The van der Waals surface area contributed by atoms with Crippen LogP contribution in [0, 0.1) is 0 Å². The van der Waals surface area contributed by atoms with Crippen molar-refractivity contribution in [3.63, 3.8) is 0 Å². The van der Waals surface area contributed by atoms with E-state index in [1.807, 2.05) is 0 Å². The topological polar surface area (TPSA) is 61.8 Å². The monoisotopic (exact) mass is 374 g/mol. The zero-order valence-electron chi connectivity index (χ0n) is 14.8. The summed E-state index contributed by atoms with van der Waals surface area (Å²) in [6.07, 6.45) is 0.0168. The summed E-state index contributed by atoms with van der Waals surface area (Å²) in [5.74, 6) is 0.228. The molecule has 5 nitrogen and oxygen atoms in total. The molecule has 0 heterocycles. The van der Waals surface area contributed by atoms with Crippen LogP contribution in [0.15, 0.2) is 24.3 Å². The quantitative estimate of drug-likeness (QED) is 0.802. The van der Waals surface area contributed by atoms with E-state index in [9.17, 15) is 23.1 Å². The molecule has 2 N–H and O–H groups in total. The average Bonchev–Trinajstić information content (AvgIpc) is 2.60. The van der Waals surface area contributed by atoms with Gasteiger partial charge in [0, 0.05) is 13.1 Å². The molecule has 1 atom stereocenters. The Labute approximate surface area is 151 Å². The van der Waals surface area contributed by atoms with E-state index in [0.717, 1.165) is 37.8 Å². The summed E-state index contributed by atoms with van der Waals surface area (Å²) in [6.45, 7) is -0.0500. The highest BCUT2D eigenvalue weighted by atomic mass is 19.4. The van der Waals surface area contributed by atoms with Crippen LogP contribution in [-0.4, -0.2) is 48.4 Å². The van der Waals surface area contributed by atoms with E-state index in [1.54, 1.807) is 7.05 Å². The molecule has 8 heteroatoms. The van der Waals surface area contributed by atoms with Gasteiger partial charge in [-0.3, -0.25) is 0 Å². The number of urea groups is 1. The standard InChI is InChI=1S/C18H25F3N2O3/c1-23(17(25)22-14-5-3-2-4-6-14)11-15(24)12-26-16-9-7-13(8-10-16)18(19,20)21/h7-10,14-15,24H,2-6,11-12H2,1H3,(H,22,25). The highest BCUT2D eigenvalue weighted by molar-refractivity contribution is 5.74. The number of rotatable bonds is 6. The lowest BCUT2D eigenvalue weighted by Gasteiger charge is -2.27. The van der Waals surface area contributed by atoms with Crippen molar-refractivity contribution in [1.29, 1.82) is 0 Å². The lowest BCUT2D eigenvalue weighted by molar-refractivity contribution is -0.137. The summed E-state index contributed by atoms with van der Waals surface area (Å²) >= 11 is 0. The van der Waals surface area contributed by atoms with Gasteiger partial charge in [0.2, 0.25) is 0 Å². The van der Waals surface area contributed by atoms with Gasteiger partial charge in [0.1, 0.15) is 18.5 Å². The summed E-state index contributed by atoms with van der Waals surface area (Å²) in [5, 5.41) is 12.9. The maximum absolute atomic E-state index is 12.5. The Balaban J connectivity index is 1.73. The van der Waals surface area contributed by atoms with Gasteiger partial charge in [0.25, 0.3) is 0 Å². The van der Waals surface area contributed by atoms with E-state index in [2.05, 4.69) is 5.32 Å². The second-order valence-corrected chi connectivity index (χ2v) is 6.65. The normalized spacial score (nSPS) is 16.8. The van der Waals surface area contributed by atoms with Crippen LogP contribution in [0.25, 0.3) is 0 Å². The molecule has 2 rings (SSSR count). The van der Waals surface area contributed by atoms with Gasteiger partial charge < -0.3 is 20.1 Å². The van der Waals surface area contributed by atoms with E-state index >= 15 is 0 Å². The number of ether oxygens (including phenoxy) is 1. The van der Waals surface area contributed by atoms with Crippen LogP contribution in [0.4, 0.5) is 18.0 Å². The van der Waals surface area contributed by atoms with Crippen LogP contribution in [0.2, 0.25) is 0 Å². The minimum atomic E-state index is -4.40. The molecule has 1 aromatic rings. The first kappa shape index (κ1) is 20.4. The molecule has 0 spiro atoms. The zero-order valence-corrected chi connectivity index (χ0v) is 14.8. The Morgan fingerprint density at radius 3 is 2.46 bits per heavy atom. The second-order valence-electron chi connectivity index (χ2n) is 6.65. The van der Waals surface area contributed by atoms with Crippen LogP contribution in [0.5, 0.6) is 5.75 Å². The third-order valence-electron chi connectivity index (χ3n) is 4.39. The first-order chi connectivity index (χ1) is 12.3. The Kier molecular flexibility index (Phi) is 7.14. The Bertz CT molecular complexity index is 572. The summed E-state index contributed by atoms with van der Waals surface area (Å²) in [7, 11) is 1.58. The van der Waals surface area contributed by atoms with Crippen molar-refractivity contribution in [3.05, 3.63) is 29.8 Å². The number of halogens is 3. The first-order valence-corrected chi connectivity index (χ1v) is 8.75. The summed E-state index contributed by atoms with van der Waals surface area (Å²) in [6, 6.07) is 4.19. The fourth-order valence-electron chi connectivity index (χ4n) is 2.92. The van der Waals surface area contributed by atoms with E-state index in [4.69, 9.17) is 4.74 Å². The lowest BCUT2D eigenvalue weighted by Crippen LogP contribution is -2.46. The summed E-state index contributed by atoms with van der Waals surface area (Å²) in [5.41, 5.74) is -0.760. The highest BCUT2D eigenvalue weighted by Gasteiger charge is 2.30. The van der Waals surface area contributed by atoms with E-state index < -0.39 is 17.8 Å². The molecular formula is C18H25F3N2O3. The Hall–Kier alpha value is -1.96. The fourth-order valence-corrected chi connectivity index (χ4v) is 2.92. The molecule has 0 saturated heterocycles. The number of nitrogens with zero attached hydrogens (tertiary/aromatic N) is 1. The predicted molar refractivity (Wildman–Crippen MR) is 91.0 cm³/mol.